The van der Waals surface area contributed by atoms with Gasteiger partial charge in [0.15, 0.2) is 5.75 Å². The number of benzene rings is 2. The fraction of sp³-hybridized carbons (Fsp3) is 0.125. The minimum atomic E-state index is -1.24. The van der Waals surface area contributed by atoms with Crippen molar-refractivity contribution in [1.82, 2.24) is 5.06 Å². The Morgan fingerprint density at radius 2 is 1.78 bits per heavy atom. The van der Waals surface area contributed by atoms with E-state index in [-0.39, 0.29) is 11.5 Å². The van der Waals surface area contributed by atoms with Crippen molar-refractivity contribution in [1.29, 1.82) is 0 Å². The minimum absolute atomic E-state index is 0.228. The number of rotatable bonds is 4. The molecule has 7 nitrogen and oxygen atoms in total. The van der Waals surface area contributed by atoms with E-state index in [2.05, 4.69) is 5.32 Å². The average Bonchev–Trinajstić information content (AvgIpc) is 2.47. The number of nitrogens with zero attached hydrogens (tertiary/aromatic N) is 1. The first kappa shape index (κ1) is 16.2. The summed E-state index contributed by atoms with van der Waals surface area (Å²) in [5, 5.41) is 12.0. The van der Waals surface area contributed by atoms with E-state index in [1.54, 1.807) is 24.3 Å². The van der Waals surface area contributed by atoms with Gasteiger partial charge in [0.25, 0.3) is 0 Å². The van der Waals surface area contributed by atoms with Gasteiger partial charge in [-0.2, -0.15) is 0 Å². The van der Waals surface area contributed by atoms with E-state index < -0.39 is 12.2 Å². The van der Waals surface area contributed by atoms with Crippen molar-refractivity contribution in [2.45, 2.75) is 6.92 Å². The van der Waals surface area contributed by atoms with Gasteiger partial charge in [-0.15, -0.1) is 5.06 Å². The second-order valence-electron chi connectivity index (χ2n) is 4.73. The molecule has 2 rings (SSSR count). The van der Waals surface area contributed by atoms with Gasteiger partial charge in [0.2, 0.25) is 0 Å². The number of nitrogens with one attached hydrogen (secondary N) is 1. The van der Waals surface area contributed by atoms with Crippen molar-refractivity contribution in [3.8, 4) is 11.5 Å². The van der Waals surface area contributed by atoms with Crippen molar-refractivity contribution in [2.75, 3.05) is 12.4 Å². The number of carbonyl (C=O) groups is 2. The lowest BCUT2D eigenvalue weighted by Gasteiger charge is -2.14. The Bertz CT molecular complexity index is 717. The molecule has 0 aliphatic carbocycles. The van der Waals surface area contributed by atoms with Crippen molar-refractivity contribution < 1.29 is 24.3 Å². The van der Waals surface area contributed by atoms with Crippen molar-refractivity contribution in [2.24, 2.45) is 0 Å². The van der Waals surface area contributed by atoms with Gasteiger partial charge in [-0.3, -0.25) is 5.32 Å². The zero-order chi connectivity index (χ0) is 16.8. The summed E-state index contributed by atoms with van der Waals surface area (Å²) in [6, 6.07) is 13.4. The Morgan fingerprint density at radius 1 is 1.09 bits per heavy atom. The molecule has 0 atom stereocenters. The monoisotopic (exact) mass is 316 g/mol. The molecule has 2 amide bonds. The molecule has 23 heavy (non-hydrogen) atoms. The van der Waals surface area contributed by atoms with Crippen LogP contribution in [0.2, 0.25) is 0 Å². The van der Waals surface area contributed by atoms with E-state index >= 15 is 0 Å². The van der Waals surface area contributed by atoms with Crippen LogP contribution in [0.3, 0.4) is 0 Å². The van der Waals surface area contributed by atoms with Gasteiger partial charge in [0, 0.05) is 11.8 Å². The van der Waals surface area contributed by atoms with Crippen LogP contribution < -0.4 is 14.9 Å². The third-order valence-electron chi connectivity index (χ3n) is 2.79. The molecule has 0 fully saturated rings. The molecule has 0 aliphatic rings. The second kappa shape index (κ2) is 7.17. The minimum Gasteiger partial charge on any atom is -0.463 e. The summed E-state index contributed by atoms with van der Waals surface area (Å²) < 4.78 is 5.14. The lowest BCUT2D eigenvalue weighted by atomic mass is 10.2. The van der Waals surface area contributed by atoms with Crippen LogP contribution >= 0.6 is 0 Å². The number of anilines is 1. The summed E-state index contributed by atoms with van der Waals surface area (Å²) >= 11 is 0. The van der Waals surface area contributed by atoms with Crippen LogP contribution in [0.4, 0.5) is 15.3 Å². The zero-order valence-corrected chi connectivity index (χ0v) is 12.6. The maximum Gasteiger partial charge on any atom is 0.440 e. The van der Waals surface area contributed by atoms with Crippen LogP contribution in [0.5, 0.6) is 11.5 Å². The first-order valence-corrected chi connectivity index (χ1v) is 6.74. The molecule has 0 aliphatic heterocycles. The fourth-order valence-electron chi connectivity index (χ4n) is 1.76. The SMILES string of the molecule is Cc1cccc(NC(=O)Oc2cccc(ON(C)C(=O)O)c2)c1. The smallest absolute Gasteiger partial charge is 0.440 e. The summed E-state index contributed by atoms with van der Waals surface area (Å²) in [6.07, 6.45) is -1.90. The highest BCUT2D eigenvalue weighted by molar-refractivity contribution is 5.86. The predicted octanol–water partition coefficient (Wildman–Crippen LogP) is 3.51. The first-order chi connectivity index (χ1) is 10.9. The van der Waals surface area contributed by atoms with E-state index in [4.69, 9.17) is 14.7 Å². The fourth-order valence-corrected chi connectivity index (χ4v) is 1.76. The Kier molecular flexibility index (Phi) is 5.03. The zero-order valence-electron chi connectivity index (χ0n) is 12.6. The standard InChI is InChI=1S/C16H16N2O5/c1-11-5-3-6-12(9-11)17-15(19)22-13-7-4-8-14(10-13)23-18(2)16(20)21/h3-10H,1-2H3,(H,17,19)(H,20,21). The van der Waals surface area contributed by atoms with Gasteiger partial charge >= 0.3 is 12.2 Å². The van der Waals surface area contributed by atoms with E-state index in [1.165, 1.54) is 13.1 Å². The molecule has 120 valence electrons. The molecule has 0 spiro atoms. The van der Waals surface area contributed by atoms with Crippen LogP contribution in [-0.2, 0) is 0 Å². The summed E-state index contributed by atoms with van der Waals surface area (Å²) in [4.78, 5) is 27.6. The molecule has 0 unspecified atom stereocenters. The highest BCUT2D eigenvalue weighted by Gasteiger charge is 2.10. The Hall–Kier alpha value is -3.22. The lowest BCUT2D eigenvalue weighted by molar-refractivity contribution is -0.0132. The number of ether oxygens (including phenoxy) is 1. The highest BCUT2D eigenvalue weighted by Crippen LogP contribution is 2.20. The van der Waals surface area contributed by atoms with Crippen LogP contribution in [0.1, 0.15) is 5.56 Å². The Morgan fingerprint density at radius 3 is 2.48 bits per heavy atom. The number of aryl methyl sites for hydroxylation is 1. The first-order valence-electron chi connectivity index (χ1n) is 6.74. The van der Waals surface area contributed by atoms with Crippen LogP contribution in [0.15, 0.2) is 48.5 Å². The topological polar surface area (TPSA) is 88.1 Å². The van der Waals surface area contributed by atoms with Gasteiger partial charge in [-0.1, -0.05) is 18.2 Å². The number of amides is 2. The Labute approximate surface area is 133 Å². The summed E-state index contributed by atoms with van der Waals surface area (Å²) in [6.45, 7) is 1.91. The number of hydrogen-bond donors (Lipinski definition) is 2. The highest BCUT2D eigenvalue weighted by atomic mass is 16.7. The van der Waals surface area contributed by atoms with Crippen LogP contribution in [0, 0.1) is 6.92 Å². The molecule has 0 aromatic heterocycles. The lowest BCUT2D eigenvalue weighted by Crippen LogP contribution is -2.28. The molecule has 0 saturated heterocycles. The van der Waals surface area contributed by atoms with Gasteiger partial charge < -0.3 is 14.7 Å². The molecule has 0 bridgehead atoms. The van der Waals surface area contributed by atoms with Gasteiger partial charge in [-0.25, -0.2) is 9.59 Å². The molecule has 0 heterocycles. The summed E-state index contributed by atoms with van der Waals surface area (Å²) in [5.74, 6) is 0.460. The quantitative estimate of drug-likeness (QED) is 0.843. The second-order valence-corrected chi connectivity index (χ2v) is 4.73. The average molecular weight is 316 g/mol. The molecule has 2 aromatic rings. The molecule has 2 aromatic carbocycles. The third-order valence-corrected chi connectivity index (χ3v) is 2.79. The number of hydroxylamine groups is 2. The number of carboxylic acid groups (broad SMARTS) is 1. The molecule has 2 N–H and O–H groups in total. The number of carbonyl (C=O) groups excluding carboxylic acids is 1. The summed E-state index contributed by atoms with van der Waals surface area (Å²) in [7, 11) is 1.25. The van der Waals surface area contributed by atoms with Gasteiger partial charge in [0.05, 0.1) is 7.05 Å². The molecule has 0 radical (unpaired) electrons. The van der Waals surface area contributed by atoms with E-state index in [1.807, 2.05) is 25.1 Å². The largest absolute Gasteiger partial charge is 0.463 e. The van der Waals surface area contributed by atoms with E-state index in [0.29, 0.717) is 10.8 Å². The number of hydrogen-bond acceptors (Lipinski definition) is 4. The summed E-state index contributed by atoms with van der Waals surface area (Å²) in [5.41, 5.74) is 1.63. The molecule has 7 heteroatoms. The van der Waals surface area contributed by atoms with Crippen molar-refractivity contribution >= 4 is 17.9 Å². The molecular weight excluding hydrogens is 300 g/mol. The van der Waals surface area contributed by atoms with Crippen molar-refractivity contribution in [3.63, 3.8) is 0 Å². The van der Waals surface area contributed by atoms with Crippen LogP contribution in [0.25, 0.3) is 0 Å². The third kappa shape index (κ3) is 4.92. The normalized spacial score (nSPS) is 9.83. The molecular formula is C16H16N2O5. The van der Waals surface area contributed by atoms with E-state index in [0.717, 1.165) is 5.56 Å². The van der Waals surface area contributed by atoms with Crippen molar-refractivity contribution in [3.05, 3.63) is 54.1 Å². The van der Waals surface area contributed by atoms with Crippen LogP contribution in [-0.4, -0.2) is 29.4 Å². The Balaban J connectivity index is 1.99. The maximum absolute atomic E-state index is 11.9. The maximum atomic E-state index is 11.9. The molecule has 0 saturated carbocycles. The van der Waals surface area contributed by atoms with E-state index in [9.17, 15) is 9.59 Å². The van der Waals surface area contributed by atoms with Gasteiger partial charge in [0.1, 0.15) is 5.75 Å². The van der Waals surface area contributed by atoms with Gasteiger partial charge in [-0.05, 0) is 36.8 Å². The predicted molar refractivity (Wildman–Crippen MR) is 83.7 cm³/mol.